The third-order valence-corrected chi connectivity index (χ3v) is 2.55. The van der Waals surface area contributed by atoms with Crippen molar-refractivity contribution >= 4 is 18.4 Å². The van der Waals surface area contributed by atoms with Crippen LogP contribution >= 0.6 is 12.4 Å². The summed E-state index contributed by atoms with van der Waals surface area (Å²) in [5, 5.41) is 11.7. The van der Waals surface area contributed by atoms with Crippen molar-refractivity contribution in [2.45, 2.75) is 18.9 Å². The van der Waals surface area contributed by atoms with Gasteiger partial charge in [-0.15, -0.1) is 12.4 Å². The fourth-order valence-electron chi connectivity index (χ4n) is 1.86. The average molecular weight is 178 g/mol. The highest BCUT2D eigenvalue weighted by Gasteiger charge is 2.48. The van der Waals surface area contributed by atoms with Gasteiger partial charge in [-0.2, -0.15) is 0 Å². The van der Waals surface area contributed by atoms with Crippen LogP contribution in [-0.2, 0) is 4.79 Å². The summed E-state index contributed by atoms with van der Waals surface area (Å²) in [5.74, 6) is 0.501. The van der Waals surface area contributed by atoms with Gasteiger partial charge in [0.05, 0.1) is 0 Å². The zero-order valence-electron chi connectivity index (χ0n) is 6.12. The number of halogens is 1. The molecule has 2 fully saturated rings. The Hall–Kier alpha value is -0.280. The average Bonchev–Trinajstić information content (AvgIpc) is 2.63. The lowest BCUT2D eigenvalue weighted by molar-refractivity contribution is -0.140. The molecule has 0 radical (unpaired) electrons. The number of aliphatic carboxylic acids is 1. The number of carboxylic acids is 1. The van der Waals surface area contributed by atoms with Gasteiger partial charge < -0.3 is 10.4 Å². The van der Waals surface area contributed by atoms with Gasteiger partial charge >= 0.3 is 5.97 Å². The molecule has 3 atom stereocenters. The number of rotatable bonds is 1. The maximum Gasteiger partial charge on any atom is 0.320 e. The highest BCUT2D eigenvalue weighted by atomic mass is 35.5. The molecule has 3 nitrogen and oxygen atoms in total. The standard InChI is InChI=1S/C7H11NO2.ClH/c9-7(10)6-5-3-4(5)1-2-8-6;/h4-6,8H,1-3H2,(H,9,10);1H/t4-,5-,6?;/m1./s1. The van der Waals surface area contributed by atoms with Gasteiger partial charge in [-0.1, -0.05) is 0 Å². The van der Waals surface area contributed by atoms with Crippen molar-refractivity contribution < 1.29 is 9.90 Å². The molecule has 1 saturated carbocycles. The molecule has 1 heterocycles. The molecule has 1 aliphatic heterocycles. The normalized spacial score (nSPS) is 40.2. The number of hydrogen-bond acceptors (Lipinski definition) is 2. The molecule has 4 heteroatoms. The molecule has 11 heavy (non-hydrogen) atoms. The Morgan fingerprint density at radius 2 is 2.27 bits per heavy atom. The molecular weight excluding hydrogens is 166 g/mol. The Bertz CT molecular complexity index is 174. The number of fused-ring (bicyclic) bond motifs is 1. The first-order valence-corrected chi connectivity index (χ1v) is 3.75. The van der Waals surface area contributed by atoms with Crippen LogP contribution in [0.3, 0.4) is 0 Å². The summed E-state index contributed by atoms with van der Waals surface area (Å²) in [6.45, 7) is 0.887. The summed E-state index contributed by atoms with van der Waals surface area (Å²) in [4.78, 5) is 10.5. The van der Waals surface area contributed by atoms with Crippen molar-refractivity contribution in [1.29, 1.82) is 0 Å². The van der Waals surface area contributed by atoms with E-state index in [1.807, 2.05) is 0 Å². The molecule has 0 spiro atoms. The number of hydrogen-bond donors (Lipinski definition) is 2. The van der Waals surface area contributed by atoms with Crippen LogP contribution in [0.4, 0.5) is 0 Å². The van der Waals surface area contributed by atoms with Crippen molar-refractivity contribution in [1.82, 2.24) is 5.32 Å². The Morgan fingerprint density at radius 1 is 1.55 bits per heavy atom. The molecule has 0 aromatic carbocycles. The highest BCUT2D eigenvalue weighted by molar-refractivity contribution is 5.85. The van der Waals surface area contributed by atoms with Crippen molar-refractivity contribution in [3.05, 3.63) is 0 Å². The minimum atomic E-state index is -0.674. The maximum absolute atomic E-state index is 10.5. The van der Waals surface area contributed by atoms with Crippen LogP contribution in [0.2, 0.25) is 0 Å². The predicted octanol–water partition coefficient (Wildman–Crippen LogP) is 0.491. The van der Waals surface area contributed by atoms with E-state index < -0.39 is 5.97 Å². The third kappa shape index (κ3) is 1.49. The second-order valence-corrected chi connectivity index (χ2v) is 3.22. The molecule has 0 aromatic heterocycles. The predicted molar refractivity (Wildman–Crippen MR) is 42.9 cm³/mol. The van der Waals surface area contributed by atoms with E-state index in [0.717, 1.165) is 18.9 Å². The van der Waals surface area contributed by atoms with Gasteiger partial charge in [0.2, 0.25) is 0 Å². The van der Waals surface area contributed by atoms with Gasteiger partial charge in [0.1, 0.15) is 6.04 Å². The molecule has 1 unspecified atom stereocenters. The zero-order chi connectivity index (χ0) is 7.14. The number of nitrogens with one attached hydrogen (secondary N) is 1. The van der Waals surface area contributed by atoms with E-state index in [2.05, 4.69) is 5.32 Å². The lowest BCUT2D eigenvalue weighted by Crippen LogP contribution is -2.42. The molecule has 1 aliphatic carbocycles. The Labute approximate surface area is 71.6 Å². The monoisotopic (exact) mass is 177 g/mol. The third-order valence-electron chi connectivity index (χ3n) is 2.55. The summed E-state index contributed by atoms with van der Waals surface area (Å²) < 4.78 is 0. The van der Waals surface area contributed by atoms with E-state index in [1.54, 1.807) is 0 Å². The van der Waals surface area contributed by atoms with Crippen molar-refractivity contribution in [3.63, 3.8) is 0 Å². The quantitative estimate of drug-likeness (QED) is 0.613. The summed E-state index contributed by atoms with van der Waals surface area (Å²) in [6.07, 6.45) is 2.30. The first-order valence-electron chi connectivity index (χ1n) is 3.75. The molecule has 0 aromatic rings. The number of carboxylic acid groups (broad SMARTS) is 1. The molecule has 2 rings (SSSR count). The number of carbonyl (C=O) groups is 1. The van der Waals surface area contributed by atoms with Crippen LogP contribution in [0.5, 0.6) is 0 Å². The summed E-state index contributed by atoms with van der Waals surface area (Å²) >= 11 is 0. The summed E-state index contributed by atoms with van der Waals surface area (Å²) in [5.41, 5.74) is 0. The second kappa shape index (κ2) is 2.99. The van der Waals surface area contributed by atoms with Crippen LogP contribution in [-0.4, -0.2) is 23.7 Å². The summed E-state index contributed by atoms with van der Waals surface area (Å²) in [6, 6.07) is -0.237. The van der Waals surface area contributed by atoms with Crippen molar-refractivity contribution in [2.75, 3.05) is 6.54 Å². The van der Waals surface area contributed by atoms with Crippen LogP contribution in [0.25, 0.3) is 0 Å². The molecule has 0 amide bonds. The fraction of sp³-hybridized carbons (Fsp3) is 0.857. The smallest absolute Gasteiger partial charge is 0.320 e. The largest absolute Gasteiger partial charge is 0.480 e. The Balaban J connectivity index is 0.000000605. The van der Waals surface area contributed by atoms with E-state index in [1.165, 1.54) is 6.42 Å². The van der Waals surface area contributed by atoms with Gasteiger partial charge in [0.15, 0.2) is 0 Å². The molecular formula is C7H12ClNO2. The van der Waals surface area contributed by atoms with E-state index in [4.69, 9.17) is 5.11 Å². The van der Waals surface area contributed by atoms with Gasteiger partial charge in [-0.05, 0) is 31.2 Å². The summed E-state index contributed by atoms with van der Waals surface area (Å²) in [7, 11) is 0. The van der Waals surface area contributed by atoms with Crippen molar-refractivity contribution in [3.8, 4) is 0 Å². The minimum absolute atomic E-state index is 0. The Morgan fingerprint density at radius 3 is 2.82 bits per heavy atom. The van der Waals surface area contributed by atoms with Gasteiger partial charge in [0, 0.05) is 0 Å². The Kier molecular flexibility index (Phi) is 2.40. The lowest BCUT2D eigenvalue weighted by atomic mass is 10.1. The van der Waals surface area contributed by atoms with Crippen LogP contribution in [0.15, 0.2) is 0 Å². The van der Waals surface area contributed by atoms with E-state index in [0.29, 0.717) is 5.92 Å². The fourth-order valence-corrected chi connectivity index (χ4v) is 1.86. The van der Waals surface area contributed by atoms with E-state index >= 15 is 0 Å². The van der Waals surface area contributed by atoms with Gasteiger partial charge in [-0.25, -0.2) is 0 Å². The minimum Gasteiger partial charge on any atom is -0.480 e. The molecule has 64 valence electrons. The number of piperidine rings is 1. The molecule has 2 aliphatic rings. The first kappa shape index (κ1) is 8.81. The highest BCUT2D eigenvalue weighted by Crippen LogP contribution is 2.45. The maximum atomic E-state index is 10.5. The molecule has 0 bridgehead atoms. The second-order valence-electron chi connectivity index (χ2n) is 3.22. The van der Waals surface area contributed by atoms with E-state index in [9.17, 15) is 4.79 Å². The molecule has 2 N–H and O–H groups in total. The zero-order valence-corrected chi connectivity index (χ0v) is 6.93. The first-order chi connectivity index (χ1) is 4.79. The topological polar surface area (TPSA) is 49.3 Å². The van der Waals surface area contributed by atoms with Crippen LogP contribution in [0, 0.1) is 11.8 Å². The van der Waals surface area contributed by atoms with Crippen LogP contribution < -0.4 is 5.32 Å². The van der Waals surface area contributed by atoms with Crippen LogP contribution in [0.1, 0.15) is 12.8 Å². The SMILES string of the molecule is Cl.O=C(O)C1NCC[C@@H]2C[C@@H]12. The molecule has 1 saturated heterocycles. The van der Waals surface area contributed by atoms with Gasteiger partial charge in [-0.3, -0.25) is 4.79 Å². The van der Waals surface area contributed by atoms with Crippen molar-refractivity contribution in [2.24, 2.45) is 11.8 Å². The van der Waals surface area contributed by atoms with E-state index in [-0.39, 0.29) is 18.4 Å². The lowest BCUT2D eigenvalue weighted by Gasteiger charge is -2.18. The van der Waals surface area contributed by atoms with Gasteiger partial charge in [0.25, 0.3) is 0 Å².